The van der Waals surface area contributed by atoms with Gasteiger partial charge in [0.1, 0.15) is 5.82 Å². The summed E-state index contributed by atoms with van der Waals surface area (Å²) in [5.41, 5.74) is 0.994. The molecule has 0 spiro atoms. The van der Waals surface area contributed by atoms with Crippen molar-refractivity contribution in [1.29, 1.82) is 0 Å². The van der Waals surface area contributed by atoms with Crippen LogP contribution < -0.4 is 10.6 Å². The lowest BCUT2D eigenvalue weighted by Crippen LogP contribution is -2.19. The lowest BCUT2D eigenvalue weighted by atomic mass is 10.2. The number of hydrogen-bond donors (Lipinski definition) is 2. The molecule has 1 aromatic heterocycles. The molecule has 1 heterocycles. The van der Waals surface area contributed by atoms with Crippen LogP contribution >= 0.6 is 63.0 Å². The summed E-state index contributed by atoms with van der Waals surface area (Å²) in [5.74, 6) is 0.0757. The molecule has 4 nitrogen and oxygen atoms in total. The molecule has 0 amide bonds. The minimum Gasteiger partial charge on any atom is -0.332 e. The topological polar surface area (TPSA) is 41.9 Å². The number of benzene rings is 2. The molecule has 0 fully saturated rings. The van der Waals surface area contributed by atoms with E-state index in [1.165, 1.54) is 6.07 Å². The van der Waals surface area contributed by atoms with Crippen LogP contribution in [0.3, 0.4) is 0 Å². The summed E-state index contributed by atoms with van der Waals surface area (Å²) in [5, 5.41) is 11.9. The molecule has 0 atom stereocenters. The van der Waals surface area contributed by atoms with Crippen molar-refractivity contribution in [1.82, 2.24) is 9.78 Å². The number of thiocarbonyl (C=S) groups is 1. The number of nitrogens with zero attached hydrogens (tertiary/aromatic N) is 2. The zero-order chi connectivity index (χ0) is 19.6. The van der Waals surface area contributed by atoms with E-state index in [1.807, 2.05) is 0 Å². The molecule has 140 valence electrons. The first kappa shape index (κ1) is 20.4. The SMILES string of the molecule is Fc1cccc(Cl)c1Cn1cc(Br)c(NC(=S)Nc2cc(Cl)cc(Cl)c2)n1. The zero-order valence-corrected chi connectivity index (χ0v) is 18.1. The van der Waals surface area contributed by atoms with Crippen molar-refractivity contribution in [2.75, 3.05) is 10.6 Å². The molecule has 3 rings (SSSR count). The minimum absolute atomic E-state index is 0.176. The van der Waals surface area contributed by atoms with Gasteiger partial charge < -0.3 is 10.6 Å². The maximum atomic E-state index is 14.0. The molecule has 0 bridgehead atoms. The largest absolute Gasteiger partial charge is 0.332 e. The first-order chi connectivity index (χ1) is 12.8. The van der Waals surface area contributed by atoms with E-state index in [2.05, 4.69) is 31.7 Å². The van der Waals surface area contributed by atoms with Crippen LogP contribution in [-0.2, 0) is 6.54 Å². The Bertz CT molecular complexity index is 971. The number of aromatic nitrogens is 2. The van der Waals surface area contributed by atoms with E-state index in [1.54, 1.807) is 41.2 Å². The van der Waals surface area contributed by atoms with Crippen molar-refractivity contribution in [3.05, 3.63) is 73.5 Å². The molecular formula is C17H11BrCl3FN4S. The van der Waals surface area contributed by atoms with E-state index in [9.17, 15) is 4.39 Å². The molecule has 2 N–H and O–H groups in total. The molecule has 0 saturated carbocycles. The third-order valence-corrected chi connectivity index (χ3v) is 5.03. The van der Waals surface area contributed by atoms with Crippen molar-refractivity contribution >= 4 is 79.6 Å². The third-order valence-electron chi connectivity index (χ3n) is 3.45. The van der Waals surface area contributed by atoms with Crippen molar-refractivity contribution in [3.8, 4) is 0 Å². The maximum absolute atomic E-state index is 14.0. The molecule has 0 aliphatic rings. The second kappa shape index (κ2) is 8.75. The molecule has 2 aromatic carbocycles. The summed E-state index contributed by atoms with van der Waals surface area (Å²) in [7, 11) is 0. The van der Waals surface area contributed by atoms with E-state index in [-0.39, 0.29) is 6.54 Å². The fourth-order valence-corrected chi connectivity index (χ4v) is 3.68. The Kier molecular flexibility index (Phi) is 6.60. The van der Waals surface area contributed by atoms with Crippen LogP contribution in [0.25, 0.3) is 0 Å². The second-order valence-corrected chi connectivity index (χ2v) is 8.00. The average Bonchev–Trinajstić information content (AvgIpc) is 2.89. The van der Waals surface area contributed by atoms with Gasteiger partial charge in [-0.15, -0.1) is 0 Å². The van der Waals surface area contributed by atoms with Gasteiger partial charge in [0.15, 0.2) is 10.9 Å². The predicted molar refractivity (Wildman–Crippen MR) is 117 cm³/mol. The Balaban J connectivity index is 1.72. The van der Waals surface area contributed by atoms with Gasteiger partial charge in [-0.2, -0.15) is 5.10 Å². The maximum Gasteiger partial charge on any atom is 0.176 e. The highest BCUT2D eigenvalue weighted by Gasteiger charge is 2.12. The van der Waals surface area contributed by atoms with E-state index in [4.69, 9.17) is 47.0 Å². The predicted octanol–water partition coefficient (Wildman–Crippen LogP) is 6.60. The number of anilines is 2. The monoisotopic (exact) mass is 506 g/mol. The summed E-state index contributed by atoms with van der Waals surface area (Å²) in [4.78, 5) is 0. The molecule has 0 radical (unpaired) electrons. The van der Waals surface area contributed by atoms with E-state index in [0.29, 0.717) is 41.7 Å². The molecule has 0 aliphatic heterocycles. The van der Waals surface area contributed by atoms with Crippen LogP contribution in [-0.4, -0.2) is 14.9 Å². The van der Waals surface area contributed by atoms with Crippen LogP contribution in [0.4, 0.5) is 15.9 Å². The lowest BCUT2D eigenvalue weighted by molar-refractivity contribution is 0.586. The highest BCUT2D eigenvalue weighted by atomic mass is 79.9. The summed E-state index contributed by atoms with van der Waals surface area (Å²) in [6.07, 6.45) is 1.70. The highest BCUT2D eigenvalue weighted by Crippen LogP contribution is 2.25. The van der Waals surface area contributed by atoms with E-state index < -0.39 is 5.82 Å². The molecular weight excluding hydrogens is 498 g/mol. The second-order valence-electron chi connectivity index (χ2n) is 5.46. The smallest absolute Gasteiger partial charge is 0.176 e. The number of nitrogens with one attached hydrogen (secondary N) is 2. The van der Waals surface area contributed by atoms with Gasteiger partial charge in [0.05, 0.1) is 11.0 Å². The number of rotatable bonds is 4. The lowest BCUT2D eigenvalue weighted by Gasteiger charge is -2.10. The normalized spacial score (nSPS) is 10.7. The van der Waals surface area contributed by atoms with Gasteiger partial charge in [0, 0.05) is 32.5 Å². The Morgan fingerprint density at radius 2 is 1.85 bits per heavy atom. The van der Waals surface area contributed by atoms with Crippen LogP contribution in [0.2, 0.25) is 15.1 Å². The Morgan fingerprint density at radius 3 is 2.52 bits per heavy atom. The van der Waals surface area contributed by atoms with Gasteiger partial charge in [-0.05, 0) is 58.5 Å². The van der Waals surface area contributed by atoms with Gasteiger partial charge in [-0.25, -0.2) is 4.39 Å². The Hall–Kier alpha value is -1.38. The van der Waals surface area contributed by atoms with Gasteiger partial charge in [-0.1, -0.05) is 40.9 Å². The van der Waals surface area contributed by atoms with Crippen molar-refractivity contribution in [3.63, 3.8) is 0 Å². The van der Waals surface area contributed by atoms with Crippen LogP contribution in [0.5, 0.6) is 0 Å². The fraction of sp³-hybridized carbons (Fsp3) is 0.0588. The summed E-state index contributed by atoms with van der Waals surface area (Å²) in [6.45, 7) is 0.176. The van der Waals surface area contributed by atoms with Crippen molar-refractivity contribution in [2.24, 2.45) is 0 Å². The van der Waals surface area contributed by atoms with Gasteiger partial charge in [0.25, 0.3) is 0 Å². The van der Waals surface area contributed by atoms with E-state index in [0.717, 1.165) is 0 Å². The van der Waals surface area contributed by atoms with Crippen LogP contribution in [0, 0.1) is 5.82 Å². The molecule has 0 saturated heterocycles. The number of hydrogen-bond acceptors (Lipinski definition) is 2. The average molecular weight is 509 g/mol. The molecule has 10 heteroatoms. The van der Waals surface area contributed by atoms with Crippen molar-refractivity contribution < 1.29 is 4.39 Å². The third kappa shape index (κ3) is 5.33. The first-order valence-electron chi connectivity index (χ1n) is 7.52. The fourth-order valence-electron chi connectivity index (χ4n) is 2.30. The minimum atomic E-state index is -0.390. The Labute approximate surface area is 183 Å². The highest BCUT2D eigenvalue weighted by molar-refractivity contribution is 9.10. The standard InChI is InChI=1S/C17H11BrCl3FN4S/c18-13-8-26(7-12-14(21)2-1-3-15(12)22)25-16(13)24-17(27)23-11-5-9(19)4-10(20)6-11/h1-6,8H,7H2,(H2,23,24,25,27). The zero-order valence-electron chi connectivity index (χ0n) is 13.4. The molecule has 0 unspecified atom stereocenters. The first-order valence-corrected chi connectivity index (χ1v) is 9.85. The van der Waals surface area contributed by atoms with E-state index >= 15 is 0 Å². The number of halogens is 5. The summed E-state index contributed by atoms with van der Waals surface area (Å²) >= 11 is 26.7. The summed E-state index contributed by atoms with van der Waals surface area (Å²) < 4.78 is 16.2. The Morgan fingerprint density at radius 1 is 1.15 bits per heavy atom. The van der Waals surface area contributed by atoms with Crippen LogP contribution in [0.1, 0.15) is 5.56 Å². The van der Waals surface area contributed by atoms with Crippen molar-refractivity contribution in [2.45, 2.75) is 6.54 Å². The quantitative estimate of drug-likeness (QED) is 0.390. The molecule has 0 aliphatic carbocycles. The van der Waals surface area contributed by atoms with Gasteiger partial charge in [0.2, 0.25) is 0 Å². The van der Waals surface area contributed by atoms with Gasteiger partial charge in [-0.3, -0.25) is 4.68 Å². The van der Waals surface area contributed by atoms with Gasteiger partial charge >= 0.3 is 0 Å². The molecule has 27 heavy (non-hydrogen) atoms. The van der Waals surface area contributed by atoms with Crippen LogP contribution in [0.15, 0.2) is 47.1 Å². The molecule has 3 aromatic rings. The summed E-state index contributed by atoms with van der Waals surface area (Å²) in [6, 6.07) is 9.54.